The van der Waals surface area contributed by atoms with Gasteiger partial charge in [-0.2, -0.15) is 5.10 Å². The quantitative estimate of drug-likeness (QED) is 0.687. The van der Waals surface area contributed by atoms with Gasteiger partial charge in [0.1, 0.15) is 0 Å². The highest BCUT2D eigenvalue weighted by molar-refractivity contribution is 5.80. The van der Waals surface area contributed by atoms with Crippen LogP contribution >= 0.6 is 0 Å². The molecule has 0 radical (unpaired) electrons. The van der Waals surface area contributed by atoms with Crippen molar-refractivity contribution in [2.75, 3.05) is 19.6 Å². The number of nitrogens with zero attached hydrogens (tertiary/aromatic N) is 5. The number of guanidine groups is 1. The summed E-state index contributed by atoms with van der Waals surface area (Å²) in [5, 5.41) is 7.69. The Balaban J connectivity index is 1.74. The maximum Gasteiger partial charge on any atom is 0.194 e. The van der Waals surface area contributed by atoms with Crippen molar-refractivity contribution in [3.8, 4) is 5.82 Å². The van der Waals surface area contributed by atoms with Gasteiger partial charge in [0.25, 0.3) is 0 Å². The van der Waals surface area contributed by atoms with Crippen LogP contribution in [-0.2, 0) is 6.54 Å². The number of aromatic nitrogens is 3. The molecule has 0 saturated carbocycles. The monoisotopic (exact) mass is 340 g/mol. The van der Waals surface area contributed by atoms with Gasteiger partial charge in [0.05, 0.1) is 6.54 Å². The topological polar surface area (TPSA) is 58.3 Å². The molecule has 1 aliphatic heterocycles. The van der Waals surface area contributed by atoms with Crippen molar-refractivity contribution in [1.29, 1.82) is 0 Å². The molecule has 3 heterocycles. The molecule has 25 heavy (non-hydrogen) atoms. The number of aliphatic imine (C=N–C) groups is 1. The fourth-order valence-electron chi connectivity index (χ4n) is 3.52. The molecule has 134 valence electrons. The molecular weight excluding hydrogens is 312 g/mol. The molecule has 6 nitrogen and oxygen atoms in total. The molecule has 0 amide bonds. The highest BCUT2D eigenvalue weighted by Gasteiger charge is 2.23. The maximum absolute atomic E-state index is 4.87. The van der Waals surface area contributed by atoms with E-state index in [-0.39, 0.29) is 0 Å². The molecule has 3 rings (SSSR count). The Morgan fingerprint density at radius 1 is 1.28 bits per heavy atom. The van der Waals surface area contributed by atoms with Crippen molar-refractivity contribution >= 4 is 5.96 Å². The Kier molecular flexibility index (Phi) is 5.68. The van der Waals surface area contributed by atoms with E-state index in [0.29, 0.717) is 18.4 Å². The molecule has 1 saturated heterocycles. The van der Waals surface area contributed by atoms with Crippen LogP contribution in [-0.4, -0.2) is 45.3 Å². The molecule has 2 aromatic rings. The van der Waals surface area contributed by atoms with Crippen LogP contribution in [0.1, 0.15) is 32.8 Å². The summed E-state index contributed by atoms with van der Waals surface area (Å²) in [5.41, 5.74) is 1.13. The van der Waals surface area contributed by atoms with Crippen LogP contribution in [0, 0.1) is 11.8 Å². The second kappa shape index (κ2) is 8.14. The van der Waals surface area contributed by atoms with Gasteiger partial charge in [0, 0.05) is 38.2 Å². The van der Waals surface area contributed by atoms with Crippen molar-refractivity contribution < 1.29 is 0 Å². The van der Waals surface area contributed by atoms with Crippen LogP contribution in [0.3, 0.4) is 0 Å². The van der Waals surface area contributed by atoms with Crippen LogP contribution in [0.2, 0.25) is 0 Å². The number of piperidine rings is 1. The molecule has 1 N–H and O–H groups in total. The first-order chi connectivity index (χ1) is 12.2. The van der Waals surface area contributed by atoms with Gasteiger partial charge in [-0.15, -0.1) is 0 Å². The van der Waals surface area contributed by atoms with Crippen molar-refractivity contribution in [3.63, 3.8) is 0 Å². The van der Waals surface area contributed by atoms with Gasteiger partial charge < -0.3 is 10.2 Å². The lowest BCUT2D eigenvalue weighted by atomic mass is 9.92. The van der Waals surface area contributed by atoms with E-state index in [1.807, 2.05) is 30.6 Å². The van der Waals surface area contributed by atoms with Gasteiger partial charge in [0.2, 0.25) is 0 Å². The first-order valence-corrected chi connectivity index (χ1v) is 9.14. The molecule has 1 aliphatic rings. The Bertz CT molecular complexity index is 684. The molecule has 2 aromatic heterocycles. The number of nitrogens with one attached hydrogen (secondary N) is 1. The van der Waals surface area contributed by atoms with E-state index in [0.717, 1.165) is 37.0 Å². The van der Waals surface area contributed by atoms with Gasteiger partial charge in [-0.3, -0.25) is 0 Å². The van der Waals surface area contributed by atoms with Crippen molar-refractivity contribution in [1.82, 2.24) is 25.0 Å². The number of pyridine rings is 1. The average Bonchev–Trinajstić information content (AvgIpc) is 3.12. The van der Waals surface area contributed by atoms with Gasteiger partial charge >= 0.3 is 0 Å². The van der Waals surface area contributed by atoms with Crippen LogP contribution in [0.5, 0.6) is 0 Å². The van der Waals surface area contributed by atoms with Gasteiger partial charge in [-0.1, -0.05) is 13.8 Å². The zero-order chi connectivity index (χ0) is 17.6. The normalized spacial score (nSPS) is 21.4. The summed E-state index contributed by atoms with van der Waals surface area (Å²) in [6, 6.07) is 5.96. The minimum atomic E-state index is 0.637. The summed E-state index contributed by atoms with van der Waals surface area (Å²) >= 11 is 0. The fraction of sp³-hybridized carbons (Fsp3) is 0.526. The zero-order valence-electron chi connectivity index (χ0n) is 15.4. The summed E-state index contributed by atoms with van der Waals surface area (Å²) in [7, 11) is 0. The molecule has 0 bridgehead atoms. The van der Waals surface area contributed by atoms with E-state index in [4.69, 9.17) is 4.99 Å². The molecule has 0 aliphatic carbocycles. The predicted octanol–water partition coefficient (Wildman–Crippen LogP) is 2.71. The lowest BCUT2D eigenvalue weighted by Gasteiger charge is -2.37. The summed E-state index contributed by atoms with van der Waals surface area (Å²) < 4.78 is 1.77. The fourth-order valence-corrected chi connectivity index (χ4v) is 3.52. The Morgan fingerprint density at radius 3 is 2.76 bits per heavy atom. The predicted molar refractivity (Wildman–Crippen MR) is 101 cm³/mol. The maximum atomic E-state index is 4.87. The van der Waals surface area contributed by atoms with Gasteiger partial charge in [0.15, 0.2) is 11.8 Å². The van der Waals surface area contributed by atoms with E-state index < -0.39 is 0 Å². The van der Waals surface area contributed by atoms with Gasteiger partial charge in [-0.25, -0.2) is 14.7 Å². The third-order valence-electron chi connectivity index (χ3n) is 4.46. The van der Waals surface area contributed by atoms with E-state index in [1.54, 1.807) is 10.9 Å². The Morgan fingerprint density at radius 2 is 2.08 bits per heavy atom. The first kappa shape index (κ1) is 17.5. The number of hydrogen-bond acceptors (Lipinski definition) is 3. The Labute approximate surface area is 150 Å². The van der Waals surface area contributed by atoms with Crippen LogP contribution < -0.4 is 5.32 Å². The van der Waals surface area contributed by atoms with E-state index in [2.05, 4.69) is 41.1 Å². The average molecular weight is 340 g/mol. The lowest BCUT2D eigenvalue weighted by Crippen LogP contribution is -2.48. The van der Waals surface area contributed by atoms with Crippen molar-refractivity contribution in [3.05, 3.63) is 42.4 Å². The molecule has 0 spiro atoms. The minimum Gasteiger partial charge on any atom is -0.357 e. The van der Waals surface area contributed by atoms with Crippen molar-refractivity contribution in [2.45, 2.75) is 33.7 Å². The lowest BCUT2D eigenvalue weighted by molar-refractivity contribution is 0.208. The van der Waals surface area contributed by atoms with E-state index in [1.165, 1.54) is 6.42 Å². The van der Waals surface area contributed by atoms with E-state index in [9.17, 15) is 0 Å². The summed E-state index contributed by atoms with van der Waals surface area (Å²) in [5.74, 6) is 3.25. The molecule has 1 fully saturated rings. The largest absolute Gasteiger partial charge is 0.357 e. The standard InChI is InChI=1S/C19H28N6/c1-4-20-19(24-13-15(2)10-16(3)14-24)22-12-17-6-8-21-18(11-17)25-9-5-7-23-25/h5-9,11,15-16H,4,10,12-14H2,1-3H3,(H,20,22). The van der Waals surface area contributed by atoms with Crippen LogP contribution in [0.25, 0.3) is 5.82 Å². The van der Waals surface area contributed by atoms with Crippen LogP contribution in [0.4, 0.5) is 0 Å². The smallest absolute Gasteiger partial charge is 0.194 e. The van der Waals surface area contributed by atoms with Gasteiger partial charge in [-0.05, 0) is 48.9 Å². The van der Waals surface area contributed by atoms with Crippen LogP contribution in [0.15, 0.2) is 41.8 Å². The number of likely N-dealkylation sites (tertiary alicyclic amines) is 1. The van der Waals surface area contributed by atoms with Crippen molar-refractivity contribution in [2.24, 2.45) is 16.8 Å². The number of rotatable bonds is 4. The molecular formula is C19H28N6. The second-order valence-corrected chi connectivity index (χ2v) is 6.99. The summed E-state index contributed by atoms with van der Waals surface area (Å²) in [4.78, 5) is 11.7. The Hall–Kier alpha value is -2.37. The first-order valence-electron chi connectivity index (χ1n) is 9.14. The summed E-state index contributed by atoms with van der Waals surface area (Å²) in [6.07, 6.45) is 6.78. The highest BCUT2D eigenvalue weighted by atomic mass is 15.3. The second-order valence-electron chi connectivity index (χ2n) is 6.99. The minimum absolute atomic E-state index is 0.637. The van der Waals surface area contributed by atoms with E-state index >= 15 is 0 Å². The summed E-state index contributed by atoms with van der Waals surface area (Å²) in [6.45, 7) is 10.4. The molecule has 2 atom stereocenters. The molecule has 2 unspecified atom stereocenters. The SMILES string of the molecule is CCNC(=NCc1ccnc(-n2cccn2)c1)N1CC(C)CC(C)C1. The zero-order valence-corrected chi connectivity index (χ0v) is 15.4. The third kappa shape index (κ3) is 4.59. The molecule has 6 heteroatoms. The highest BCUT2D eigenvalue weighted by Crippen LogP contribution is 2.21. The third-order valence-corrected chi connectivity index (χ3v) is 4.46. The molecule has 0 aromatic carbocycles. The number of hydrogen-bond donors (Lipinski definition) is 1.